The molecule has 0 saturated heterocycles. The number of alkyl halides is 3. The summed E-state index contributed by atoms with van der Waals surface area (Å²) in [6.45, 7) is 0. The number of benzene rings is 2. The van der Waals surface area contributed by atoms with E-state index in [0.717, 1.165) is 12.1 Å². The molecule has 0 radical (unpaired) electrons. The maximum absolute atomic E-state index is 14.0. The normalized spacial score (nSPS) is 16.2. The van der Waals surface area contributed by atoms with E-state index in [1.807, 2.05) is 0 Å². The van der Waals surface area contributed by atoms with Crippen molar-refractivity contribution in [1.29, 1.82) is 0 Å². The summed E-state index contributed by atoms with van der Waals surface area (Å²) in [6.07, 6.45) is -6.76. The largest absolute Gasteiger partial charge is 0.494 e. The molecule has 0 amide bonds. The fourth-order valence-corrected chi connectivity index (χ4v) is 2.97. The first-order chi connectivity index (χ1) is 12.6. The lowest BCUT2D eigenvalue weighted by atomic mass is 9.95. The summed E-state index contributed by atoms with van der Waals surface area (Å²) >= 11 is 6.01. The second-order valence-corrected chi connectivity index (χ2v) is 6.10. The van der Waals surface area contributed by atoms with Gasteiger partial charge in [0.15, 0.2) is 11.6 Å². The number of hydrogen-bond acceptors (Lipinski definition) is 3. The average molecular weight is 403 g/mol. The molecule has 142 valence electrons. The molecule has 0 spiro atoms. The first kappa shape index (κ1) is 19.0. The zero-order valence-corrected chi connectivity index (χ0v) is 14.4. The third-order valence-electron chi connectivity index (χ3n) is 3.92. The van der Waals surface area contributed by atoms with Crippen LogP contribution >= 0.6 is 11.6 Å². The molecule has 3 rings (SSSR count). The van der Waals surface area contributed by atoms with Gasteiger partial charge in [-0.2, -0.15) is 13.2 Å². The van der Waals surface area contributed by atoms with Crippen LogP contribution in [-0.2, 0) is 4.79 Å². The number of halogens is 5. The Bertz CT molecular complexity index is 953. The molecule has 1 aliphatic heterocycles. The number of carboxylic acids is 1. The van der Waals surface area contributed by atoms with Crippen LogP contribution in [0.15, 0.2) is 35.9 Å². The van der Waals surface area contributed by atoms with Crippen LogP contribution in [0.5, 0.6) is 11.5 Å². The minimum atomic E-state index is -4.95. The Balaban J connectivity index is 2.21. The maximum atomic E-state index is 14.0. The fourth-order valence-electron chi connectivity index (χ4n) is 2.74. The van der Waals surface area contributed by atoms with Gasteiger partial charge < -0.3 is 14.6 Å². The second kappa shape index (κ2) is 6.77. The van der Waals surface area contributed by atoms with Gasteiger partial charge in [-0.25, -0.2) is 9.18 Å². The van der Waals surface area contributed by atoms with Crippen molar-refractivity contribution in [2.45, 2.75) is 12.3 Å². The van der Waals surface area contributed by atoms with Gasteiger partial charge in [-0.05, 0) is 35.9 Å². The minimum Gasteiger partial charge on any atom is -0.494 e. The van der Waals surface area contributed by atoms with E-state index in [0.29, 0.717) is 0 Å². The van der Waals surface area contributed by atoms with Crippen LogP contribution in [0.3, 0.4) is 0 Å². The van der Waals surface area contributed by atoms with Gasteiger partial charge in [0.05, 0.1) is 12.7 Å². The molecule has 2 aromatic carbocycles. The lowest BCUT2D eigenvalue weighted by molar-refractivity contribution is -0.187. The molecule has 0 fully saturated rings. The maximum Gasteiger partial charge on any atom is 0.430 e. The molecule has 9 heteroatoms. The molecule has 1 unspecified atom stereocenters. The van der Waals surface area contributed by atoms with Gasteiger partial charge >= 0.3 is 12.1 Å². The van der Waals surface area contributed by atoms with E-state index in [-0.39, 0.29) is 33.2 Å². The molecule has 27 heavy (non-hydrogen) atoms. The Morgan fingerprint density at radius 3 is 2.52 bits per heavy atom. The van der Waals surface area contributed by atoms with Crippen LogP contribution in [0, 0.1) is 5.82 Å². The van der Waals surface area contributed by atoms with E-state index in [2.05, 4.69) is 0 Å². The standard InChI is InChI=1S/C18H11ClF4O4/c1-26-14-3-2-8(6-13(14)20)11-7-10(19)4-9-5-12(17(24)25)16(18(21,22)23)27-15(9)11/h2-7,16H,1H3,(H,24,25). The average Bonchev–Trinajstić information content (AvgIpc) is 2.58. The molecule has 1 atom stereocenters. The van der Waals surface area contributed by atoms with Crippen LogP contribution < -0.4 is 9.47 Å². The topological polar surface area (TPSA) is 55.8 Å². The third kappa shape index (κ3) is 3.57. The quantitative estimate of drug-likeness (QED) is 0.738. The van der Waals surface area contributed by atoms with Gasteiger partial charge in [-0.3, -0.25) is 0 Å². The van der Waals surface area contributed by atoms with E-state index in [1.165, 1.54) is 31.4 Å². The number of carbonyl (C=O) groups is 1. The highest BCUT2D eigenvalue weighted by Gasteiger charge is 2.48. The SMILES string of the molecule is COc1ccc(-c2cc(Cl)cc3c2OC(C(F)(F)F)C(C(=O)O)=C3)cc1F. The zero-order chi connectivity index (χ0) is 19.9. The monoisotopic (exact) mass is 402 g/mol. The van der Waals surface area contributed by atoms with Crippen molar-refractivity contribution in [3.8, 4) is 22.6 Å². The van der Waals surface area contributed by atoms with E-state index in [1.54, 1.807) is 0 Å². The summed E-state index contributed by atoms with van der Waals surface area (Å²) in [7, 11) is 1.27. The van der Waals surface area contributed by atoms with Crippen LogP contribution in [0.4, 0.5) is 17.6 Å². The molecule has 0 aliphatic carbocycles. The molecule has 4 nitrogen and oxygen atoms in total. The molecule has 1 heterocycles. The highest BCUT2D eigenvalue weighted by atomic mass is 35.5. The van der Waals surface area contributed by atoms with Crippen molar-refractivity contribution in [2.75, 3.05) is 7.11 Å². The molecule has 2 aromatic rings. The molecule has 0 aromatic heterocycles. The number of carboxylic acid groups (broad SMARTS) is 1. The summed E-state index contributed by atoms with van der Waals surface area (Å²) < 4.78 is 63.7. The number of methoxy groups -OCH3 is 1. The fraction of sp³-hybridized carbons (Fsp3) is 0.167. The van der Waals surface area contributed by atoms with Gasteiger partial charge in [0.1, 0.15) is 5.75 Å². The third-order valence-corrected chi connectivity index (χ3v) is 4.14. The molecular formula is C18H11ClF4O4. The Labute approximate surface area is 155 Å². The molecular weight excluding hydrogens is 392 g/mol. The van der Waals surface area contributed by atoms with Gasteiger partial charge in [-0.15, -0.1) is 0 Å². The van der Waals surface area contributed by atoms with Gasteiger partial charge in [-0.1, -0.05) is 17.7 Å². The van der Waals surface area contributed by atoms with Crippen LogP contribution in [0.1, 0.15) is 5.56 Å². The van der Waals surface area contributed by atoms with Gasteiger partial charge in [0, 0.05) is 16.1 Å². The number of fused-ring (bicyclic) bond motifs is 1. The predicted molar refractivity (Wildman–Crippen MR) is 89.5 cm³/mol. The molecule has 0 bridgehead atoms. The number of ether oxygens (including phenoxy) is 2. The second-order valence-electron chi connectivity index (χ2n) is 5.67. The summed E-state index contributed by atoms with van der Waals surface area (Å²) in [6, 6.07) is 6.38. The Morgan fingerprint density at radius 1 is 1.26 bits per heavy atom. The molecule has 0 saturated carbocycles. The Morgan fingerprint density at radius 2 is 1.96 bits per heavy atom. The lowest BCUT2D eigenvalue weighted by Gasteiger charge is -2.28. The predicted octanol–water partition coefficient (Wildman–Crippen LogP) is 4.95. The van der Waals surface area contributed by atoms with Crippen molar-refractivity contribution in [2.24, 2.45) is 0 Å². The summed E-state index contributed by atoms with van der Waals surface area (Å²) in [4.78, 5) is 11.2. The number of aliphatic carboxylic acids is 1. The number of hydrogen-bond donors (Lipinski definition) is 1. The zero-order valence-electron chi connectivity index (χ0n) is 13.6. The van der Waals surface area contributed by atoms with E-state index >= 15 is 0 Å². The van der Waals surface area contributed by atoms with Crippen molar-refractivity contribution in [3.05, 3.63) is 52.3 Å². The Hall–Kier alpha value is -2.74. The lowest BCUT2D eigenvalue weighted by Crippen LogP contribution is -2.40. The highest BCUT2D eigenvalue weighted by molar-refractivity contribution is 6.31. The van der Waals surface area contributed by atoms with E-state index in [9.17, 15) is 22.4 Å². The summed E-state index contributed by atoms with van der Waals surface area (Å²) in [5, 5.41) is 9.22. The summed E-state index contributed by atoms with van der Waals surface area (Å²) in [5.74, 6) is -2.78. The van der Waals surface area contributed by atoms with Crippen LogP contribution in [-0.4, -0.2) is 30.5 Å². The smallest absolute Gasteiger partial charge is 0.430 e. The van der Waals surface area contributed by atoms with Crippen molar-refractivity contribution < 1.29 is 36.9 Å². The van der Waals surface area contributed by atoms with Crippen molar-refractivity contribution in [3.63, 3.8) is 0 Å². The first-order valence-corrected chi connectivity index (χ1v) is 7.85. The molecule has 1 N–H and O–H groups in total. The Kier molecular flexibility index (Phi) is 4.77. The van der Waals surface area contributed by atoms with Crippen LogP contribution in [0.25, 0.3) is 17.2 Å². The highest BCUT2D eigenvalue weighted by Crippen LogP contribution is 2.44. The van der Waals surface area contributed by atoms with Gasteiger partial charge in [0.2, 0.25) is 6.10 Å². The van der Waals surface area contributed by atoms with E-state index in [4.69, 9.17) is 26.2 Å². The van der Waals surface area contributed by atoms with Crippen molar-refractivity contribution >= 4 is 23.6 Å². The van der Waals surface area contributed by atoms with Crippen molar-refractivity contribution in [1.82, 2.24) is 0 Å². The minimum absolute atomic E-state index is 0.0446. The van der Waals surface area contributed by atoms with Crippen LogP contribution in [0.2, 0.25) is 5.02 Å². The van der Waals surface area contributed by atoms with Gasteiger partial charge in [0.25, 0.3) is 0 Å². The van der Waals surface area contributed by atoms with E-state index < -0.39 is 29.6 Å². The number of rotatable bonds is 3. The first-order valence-electron chi connectivity index (χ1n) is 7.47. The summed E-state index contributed by atoms with van der Waals surface area (Å²) in [5.41, 5.74) is -0.634. The molecule has 1 aliphatic rings.